The van der Waals surface area contributed by atoms with Gasteiger partial charge in [-0.25, -0.2) is 4.79 Å². The van der Waals surface area contributed by atoms with Gasteiger partial charge in [-0.2, -0.15) is 0 Å². The van der Waals surface area contributed by atoms with Gasteiger partial charge >= 0.3 is 5.97 Å². The molecule has 272 valence electrons. The molecule has 2 rings (SSSR count). The van der Waals surface area contributed by atoms with E-state index in [2.05, 4.69) is 13.8 Å². The number of aliphatic carboxylic acids is 1. The lowest BCUT2D eigenvalue weighted by Crippen LogP contribution is -2.63. The Hall–Kier alpha value is -1.92. The summed E-state index contributed by atoms with van der Waals surface area (Å²) in [6.45, 7) is 5.29. The Bertz CT molecular complexity index is 892. The molecule has 47 heavy (non-hydrogen) atoms. The number of likely N-dealkylation sites (tertiary alicyclic amines) is 2. The molecule has 7 nitrogen and oxygen atoms in total. The lowest BCUT2D eigenvalue weighted by atomic mass is 9.85. The van der Waals surface area contributed by atoms with Crippen LogP contribution in [0.25, 0.3) is 0 Å². The van der Waals surface area contributed by atoms with Crippen molar-refractivity contribution in [3.63, 3.8) is 0 Å². The zero-order chi connectivity index (χ0) is 34.2. The highest BCUT2D eigenvalue weighted by Crippen LogP contribution is 2.36. The van der Waals surface area contributed by atoms with E-state index in [9.17, 15) is 24.3 Å². The van der Waals surface area contributed by atoms with Crippen molar-refractivity contribution in [2.75, 3.05) is 13.1 Å². The van der Waals surface area contributed by atoms with Crippen LogP contribution in [0.5, 0.6) is 0 Å². The fourth-order valence-electron chi connectivity index (χ4n) is 7.87. The number of carbonyl (C=O) groups excluding carboxylic acids is 3. The van der Waals surface area contributed by atoms with Crippen molar-refractivity contribution in [2.45, 2.75) is 218 Å². The molecule has 0 aromatic heterocycles. The van der Waals surface area contributed by atoms with E-state index in [0.717, 1.165) is 38.5 Å². The van der Waals surface area contributed by atoms with Gasteiger partial charge in [0.05, 0.1) is 6.04 Å². The molecule has 2 atom stereocenters. The average Bonchev–Trinajstić information content (AvgIpc) is 3.74. The van der Waals surface area contributed by atoms with Crippen molar-refractivity contribution in [1.82, 2.24) is 9.80 Å². The predicted octanol–water partition coefficient (Wildman–Crippen LogP) is 10.2. The molecule has 0 aliphatic carbocycles. The second-order valence-corrected chi connectivity index (χ2v) is 14.7. The zero-order valence-corrected chi connectivity index (χ0v) is 30.7. The van der Waals surface area contributed by atoms with Crippen LogP contribution in [0.2, 0.25) is 0 Å². The Morgan fingerprint density at radius 3 is 1.38 bits per heavy atom. The summed E-state index contributed by atoms with van der Waals surface area (Å²) in [5, 5.41) is 10.4. The second-order valence-electron chi connectivity index (χ2n) is 14.7. The summed E-state index contributed by atoms with van der Waals surface area (Å²) < 4.78 is 0. The van der Waals surface area contributed by atoms with E-state index in [-0.39, 0.29) is 24.7 Å². The molecular weight excluding hydrogens is 588 g/mol. The van der Waals surface area contributed by atoms with Gasteiger partial charge in [-0.1, -0.05) is 155 Å². The van der Waals surface area contributed by atoms with Crippen molar-refractivity contribution in [3.05, 3.63) is 0 Å². The minimum atomic E-state index is -1.84. The third-order valence-corrected chi connectivity index (χ3v) is 10.8. The highest BCUT2D eigenvalue weighted by molar-refractivity contribution is 6.13. The van der Waals surface area contributed by atoms with Crippen LogP contribution in [-0.4, -0.2) is 63.1 Å². The number of unbranched alkanes of at least 4 members (excludes halogenated alkanes) is 22. The maximum absolute atomic E-state index is 14.0. The van der Waals surface area contributed by atoms with Crippen molar-refractivity contribution in [3.8, 4) is 0 Å². The monoisotopic (exact) mass is 661 g/mol. The van der Waals surface area contributed by atoms with Gasteiger partial charge in [0, 0.05) is 25.9 Å². The van der Waals surface area contributed by atoms with Crippen LogP contribution in [0.15, 0.2) is 0 Å². The topological polar surface area (TPSA) is 95.0 Å². The molecule has 2 aliphatic rings. The van der Waals surface area contributed by atoms with Gasteiger partial charge in [0.2, 0.25) is 17.4 Å². The molecule has 7 heteroatoms. The summed E-state index contributed by atoms with van der Waals surface area (Å²) in [5.41, 5.74) is -1.84. The van der Waals surface area contributed by atoms with Crippen LogP contribution in [0, 0.1) is 0 Å². The molecular formula is C40H72N2O5. The van der Waals surface area contributed by atoms with Gasteiger partial charge in [-0.15, -0.1) is 0 Å². The lowest BCUT2D eigenvalue weighted by Gasteiger charge is -2.37. The van der Waals surface area contributed by atoms with E-state index in [4.69, 9.17) is 0 Å². The highest BCUT2D eigenvalue weighted by atomic mass is 16.4. The average molecular weight is 661 g/mol. The second kappa shape index (κ2) is 25.1. The first kappa shape index (κ1) is 41.3. The first-order valence-electron chi connectivity index (χ1n) is 20.3. The largest absolute Gasteiger partial charge is 0.479 e. The Balaban J connectivity index is 1.72. The molecule has 0 bridgehead atoms. The molecule has 0 aromatic rings. The molecule has 2 heterocycles. The number of rotatable bonds is 29. The van der Waals surface area contributed by atoms with E-state index in [1.54, 1.807) is 4.90 Å². The van der Waals surface area contributed by atoms with Gasteiger partial charge in [0.15, 0.2) is 5.78 Å². The molecule has 2 amide bonds. The molecule has 0 aromatic carbocycles. The molecule has 1 unspecified atom stereocenters. The number of hydrogen-bond donors (Lipinski definition) is 1. The molecule has 0 radical (unpaired) electrons. The number of hydrogen-bond acceptors (Lipinski definition) is 4. The summed E-state index contributed by atoms with van der Waals surface area (Å²) in [5.74, 6) is -1.95. The summed E-state index contributed by atoms with van der Waals surface area (Å²) in [6.07, 6.45) is 31.7. The molecule has 2 aliphatic heterocycles. The first-order valence-corrected chi connectivity index (χ1v) is 20.3. The molecule has 2 saturated heterocycles. The van der Waals surface area contributed by atoms with E-state index in [0.29, 0.717) is 38.8 Å². The van der Waals surface area contributed by atoms with Crippen molar-refractivity contribution >= 4 is 23.6 Å². The Labute approximate surface area is 288 Å². The van der Waals surface area contributed by atoms with Crippen LogP contribution in [0.1, 0.15) is 206 Å². The zero-order valence-electron chi connectivity index (χ0n) is 30.7. The van der Waals surface area contributed by atoms with Crippen molar-refractivity contribution in [2.24, 2.45) is 0 Å². The van der Waals surface area contributed by atoms with Gasteiger partial charge in [-0.3, -0.25) is 14.4 Å². The number of ketones is 1. The Kier molecular flexibility index (Phi) is 22.0. The van der Waals surface area contributed by atoms with E-state index < -0.39 is 23.3 Å². The lowest BCUT2D eigenvalue weighted by molar-refractivity contribution is -0.164. The van der Waals surface area contributed by atoms with Crippen LogP contribution < -0.4 is 0 Å². The predicted molar refractivity (Wildman–Crippen MR) is 192 cm³/mol. The van der Waals surface area contributed by atoms with Crippen LogP contribution in [-0.2, 0) is 19.2 Å². The number of carbonyl (C=O) groups is 4. The van der Waals surface area contributed by atoms with E-state index in [1.165, 1.54) is 120 Å². The SMILES string of the molecule is CCCCCCCCCCCCCCCC(=O)N1CCCC1(C(=O)O)C(=O)[C@@H]1CCCN1C(=O)CCCCCCCCCCCCC. The number of nitrogens with zero attached hydrogens (tertiary/aromatic N) is 2. The Morgan fingerprint density at radius 2 is 0.957 bits per heavy atom. The van der Waals surface area contributed by atoms with Crippen LogP contribution in [0.4, 0.5) is 0 Å². The van der Waals surface area contributed by atoms with Crippen LogP contribution >= 0.6 is 0 Å². The summed E-state index contributed by atoms with van der Waals surface area (Å²) in [4.78, 5) is 56.4. The Morgan fingerprint density at radius 1 is 0.553 bits per heavy atom. The van der Waals surface area contributed by atoms with Gasteiger partial charge in [0.25, 0.3) is 0 Å². The number of carboxylic acid groups (broad SMARTS) is 1. The molecule has 1 N–H and O–H groups in total. The minimum absolute atomic E-state index is 0.0415. The summed E-state index contributed by atoms with van der Waals surface area (Å²) in [6, 6.07) is -0.740. The minimum Gasteiger partial charge on any atom is -0.479 e. The standard InChI is InChI=1S/C40H72N2O5/c1-3-5-7-9-11-13-15-16-18-20-22-24-26-31-37(44)42-34-28-32-40(42,39(46)47)38(45)35-29-27-33-41(35)36(43)30-25-23-21-19-17-14-12-10-8-6-4-2/h35H,3-34H2,1-2H3,(H,46,47)/t35-,40?/m0/s1. The third-order valence-electron chi connectivity index (χ3n) is 10.8. The maximum atomic E-state index is 14.0. The molecule has 0 saturated carbocycles. The highest BCUT2D eigenvalue weighted by Gasteiger charge is 2.58. The number of amides is 2. The molecule has 0 spiro atoms. The first-order chi connectivity index (χ1) is 22.9. The number of Topliss-reactive ketones (excluding diaryl/α,β-unsaturated/α-hetero) is 1. The quantitative estimate of drug-likeness (QED) is 0.0636. The van der Waals surface area contributed by atoms with Gasteiger partial charge in [-0.05, 0) is 38.5 Å². The van der Waals surface area contributed by atoms with Gasteiger partial charge < -0.3 is 14.9 Å². The van der Waals surface area contributed by atoms with Crippen LogP contribution in [0.3, 0.4) is 0 Å². The van der Waals surface area contributed by atoms with Crippen molar-refractivity contribution < 1.29 is 24.3 Å². The van der Waals surface area contributed by atoms with Crippen molar-refractivity contribution in [1.29, 1.82) is 0 Å². The fraction of sp³-hybridized carbons (Fsp3) is 0.900. The van der Waals surface area contributed by atoms with Gasteiger partial charge in [0.1, 0.15) is 0 Å². The number of carboxylic acids is 1. The maximum Gasteiger partial charge on any atom is 0.337 e. The van der Waals surface area contributed by atoms with E-state index in [1.807, 2.05) is 0 Å². The van der Waals surface area contributed by atoms with E-state index >= 15 is 0 Å². The summed E-state index contributed by atoms with van der Waals surface area (Å²) >= 11 is 0. The fourth-order valence-corrected chi connectivity index (χ4v) is 7.87. The smallest absolute Gasteiger partial charge is 0.337 e. The molecule has 2 fully saturated rings. The third kappa shape index (κ3) is 14.6. The summed E-state index contributed by atoms with van der Waals surface area (Å²) in [7, 11) is 0. The normalized spacial score (nSPS) is 19.5.